The van der Waals surface area contributed by atoms with E-state index in [0.717, 1.165) is 42.0 Å². The molecule has 2 amide bonds. The first kappa shape index (κ1) is 19.5. The summed E-state index contributed by atoms with van der Waals surface area (Å²) in [6, 6.07) is 15.5. The summed E-state index contributed by atoms with van der Waals surface area (Å²) in [6.45, 7) is 2.71. The number of anilines is 2. The maximum absolute atomic E-state index is 12.7. The van der Waals surface area contributed by atoms with Gasteiger partial charge in [0.2, 0.25) is 11.8 Å². The van der Waals surface area contributed by atoms with Crippen LogP contribution >= 0.6 is 11.3 Å². The van der Waals surface area contributed by atoms with Crippen LogP contribution in [0.25, 0.3) is 10.2 Å². The number of fused-ring (bicyclic) bond motifs is 1. The lowest BCUT2D eigenvalue weighted by Crippen LogP contribution is -2.39. The molecule has 0 saturated carbocycles. The van der Waals surface area contributed by atoms with Crippen LogP contribution in [0.1, 0.15) is 37.2 Å². The second-order valence-electron chi connectivity index (χ2n) is 7.31. The maximum Gasteiger partial charge on any atom is 0.238 e. The molecule has 4 rings (SSSR count). The number of rotatable bonds is 5. The first-order chi connectivity index (χ1) is 14.1. The van der Waals surface area contributed by atoms with E-state index in [1.54, 1.807) is 35.6 Å². The normalized spacial score (nSPS) is 17.2. The third-order valence-electron chi connectivity index (χ3n) is 5.04. The molecule has 29 heavy (non-hydrogen) atoms. The van der Waals surface area contributed by atoms with Crippen molar-refractivity contribution in [3.8, 4) is 0 Å². The Morgan fingerprint density at radius 2 is 1.79 bits per heavy atom. The summed E-state index contributed by atoms with van der Waals surface area (Å²) in [6.07, 6.45) is 3.28. The topological polar surface area (TPSA) is 74.3 Å². The number of hydrogen-bond acceptors (Lipinski definition) is 5. The highest BCUT2D eigenvalue weighted by atomic mass is 32.1. The molecule has 150 valence electrons. The minimum atomic E-state index is -0.118. The van der Waals surface area contributed by atoms with Crippen LogP contribution in [0.2, 0.25) is 0 Å². The van der Waals surface area contributed by atoms with Gasteiger partial charge in [0.25, 0.3) is 0 Å². The van der Waals surface area contributed by atoms with Crippen molar-refractivity contribution in [3.05, 3.63) is 53.5 Å². The van der Waals surface area contributed by atoms with E-state index in [9.17, 15) is 9.59 Å². The Morgan fingerprint density at radius 1 is 1.07 bits per heavy atom. The van der Waals surface area contributed by atoms with Gasteiger partial charge in [-0.1, -0.05) is 18.6 Å². The number of piperidine rings is 1. The fourth-order valence-electron chi connectivity index (χ4n) is 3.72. The predicted octanol–water partition coefficient (Wildman–Crippen LogP) is 4.42. The number of carbonyl (C=O) groups is 2. The molecule has 7 heteroatoms. The van der Waals surface area contributed by atoms with Crippen LogP contribution in [-0.4, -0.2) is 34.8 Å². The highest BCUT2D eigenvalue weighted by Crippen LogP contribution is 2.35. The predicted molar refractivity (Wildman–Crippen MR) is 117 cm³/mol. The van der Waals surface area contributed by atoms with Crippen molar-refractivity contribution in [2.24, 2.45) is 0 Å². The van der Waals surface area contributed by atoms with Gasteiger partial charge in [-0.25, -0.2) is 4.98 Å². The number of para-hydroxylation sites is 1. The molecule has 1 aliphatic heterocycles. The molecule has 2 aromatic carbocycles. The van der Waals surface area contributed by atoms with E-state index in [-0.39, 0.29) is 17.9 Å². The summed E-state index contributed by atoms with van der Waals surface area (Å²) in [5.74, 6) is -0.155. The maximum atomic E-state index is 12.7. The van der Waals surface area contributed by atoms with Gasteiger partial charge in [-0.3, -0.25) is 14.5 Å². The smallest absolute Gasteiger partial charge is 0.238 e. The number of thiazole rings is 1. The Bertz CT molecular complexity index is 982. The molecule has 1 saturated heterocycles. The summed E-state index contributed by atoms with van der Waals surface area (Å²) in [5.41, 5.74) is 2.46. The molecule has 1 atom stereocenters. The number of carbonyl (C=O) groups excluding carboxylic acids is 2. The molecule has 1 fully saturated rings. The first-order valence-corrected chi connectivity index (χ1v) is 10.7. The second-order valence-corrected chi connectivity index (χ2v) is 8.37. The minimum Gasteiger partial charge on any atom is -0.326 e. The van der Waals surface area contributed by atoms with E-state index in [0.29, 0.717) is 12.2 Å². The van der Waals surface area contributed by atoms with Crippen LogP contribution in [0, 0.1) is 0 Å². The molecule has 6 nitrogen and oxygen atoms in total. The SMILES string of the molecule is CC(=O)Nc1ccc(NC(=O)CN2CCCC[C@@H]2c2nc3ccccc3s2)cc1. The molecule has 0 unspecified atom stereocenters. The van der Waals surface area contributed by atoms with Crippen LogP contribution < -0.4 is 10.6 Å². The zero-order valence-electron chi connectivity index (χ0n) is 16.4. The highest BCUT2D eigenvalue weighted by Gasteiger charge is 2.28. The minimum absolute atomic E-state index is 0.0368. The molecular formula is C22H24N4O2S. The summed E-state index contributed by atoms with van der Waals surface area (Å²) >= 11 is 1.73. The van der Waals surface area contributed by atoms with E-state index in [2.05, 4.69) is 21.6 Å². The van der Waals surface area contributed by atoms with Crippen molar-refractivity contribution in [2.75, 3.05) is 23.7 Å². The Labute approximate surface area is 173 Å². The first-order valence-electron chi connectivity index (χ1n) is 9.85. The highest BCUT2D eigenvalue weighted by molar-refractivity contribution is 7.18. The van der Waals surface area contributed by atoms with Crippen LogP contribution in [0.4, 0.5) is 11.4 Å². The fourth-order valence-corrected chi connectivity index (χ4v) is 4.85. The summed E-state index contributed by atoms with van der Waals surface area (Å²) in [7, 11) is 0. The number of nitrogens with one attached hydrogen (secondary N) is 2. The second kappa shape index (κ2) is 8.71. The molecule has 3 aromatic rings. The van der Waals surface area contributed by atoms with Crippen molar-refractivity contribution in [1.82, 2.24) is 9.88 Å². The summed E-state index contributed by atoms with van der Waals surface area (Å²) < 4.78 is 1.19. The van der Waals surface area contributed by atoms with Gasteiger partial charge >= 0.3 is 0 Å². The van der Waals surface area contributed by atoms with E-state index in [1.165, 1.54) is 11.6 Å². The molecule has 1 aromatic heterocycles. The van der Waals surface area contributed by atoms with Gasteiger partial charge in [0, 0.05) is 18.3 Å². The Balaban J connectivity index is 1.42. The van der Waals surface area contributed by atoms with Gasteiger partial charge in [-0.2, -0.15) is 0 Å². The van der Waals surface area contributed by atoms with Crippen molar-refractivity contribution in [3.63, 3.8) is 0 Å². The lowest BCUT2D eigenvalue weighted by Gasteiger charge is -2.33. The molecular weight excluding hydrogens is 384 g/mol. The molecule has 2 N–H and O–H groups in total. The number of benzene rings is 2. The lowest BCUT2D eigenvalue weighted by atomic mass is 10.0. The van der Waals surface area contributed by atoms with Crippen molar-refractivity contribution in [2.45, 2.75) is 32.2 Å². The van der Waals surface area contributed by atoms with Crippen LogP contribution in [0.5, 0.6) is 0 Å². The van der Waals surface area contributed by atoms with E-state index in [1.807, 2.05) is 18.2 Å². The zero-order valence-corrected chi connectivity index (χ0v) is 17.2. The quantitative estimate of drug-likeness (QED) is 0.655. The number of hydrogen-bond donors (Lipinski definition) is 2. The molecule has 0 spiro atoms. The number of amides is 2. The van der Waals surface area contributed by atoms with Crippen molar-refractivity contribution in [1.29, 1.82) is 0 Å². The summed E-state index contributed by atoms with van der Waals surface area (Å²) in [4.78, 5) is 30.8. The molecule has 1 aliphatic rings. The fraction of sp³-hybridized carbons (Fsp3) is 0.318. The van der Waals surface area contributed by atoms with Gasteiger partial charge in [0.15, 0.2) is 0 Å². The number of nitrogens with zero attached hydrogens (tertiary/aromatic N) is 2. The average molecular weight is 409 g/mol. The van der Waals surface area contributed by atoms with Crippen molar-refractivity contribution < 1.29 is 9.59 Å². The molecule has 0 aliphatic carbocycles. The van der Waals surface area contributed by atoms with Gasteiger partial charge in [0.1, 0.15) is 5.01 Å². The standard InChI is InChI=1S/C22H24N4O2S/c1-15(27)23-16-9-11-17(12-10-16)24-21(28)14-26-13-5-4-7-19(26)22-25-18-6-2-3-8-20(18)29-22/h2-3,6,8-12,19H,4-5,7,13-14H2,1H3,(H,23,27)(H,24,28)/t19-/m1/s1. The van der Waals surface area contributed by atoms with Gasteiger partial charge in [-0.05, 0) is 55.8 Å². The Kier molecular flexibility index (Phi) is 5.87. The Morgan fingerprint density at radius 3 is 2.52 bits per heavy atom. The molecule has 0 radical (unpaired) electrons. The van der Waals surface area contributed by atoms with Crippen molar-refractivity contribution >= 4 is 44.7 Å². The Hall–Kier alpha value is -2.77. The third-order valence-corrected chi connectivity index (χ3v) is 6.18. The van der Waals surface area contributed by atoms with Crippen LogP contribution in [0.15, 0.2) is 48.5 Å². The number of likely N-dealkylation sites (tertiary alicyclic amines) is 1. The monoisotopic (exact) mass is 408 g/mol. The zero-order chi connectivity index (χ0) is 20.2. The molecule has 2 heterocycles. The van der Waals surface area contributed by atoms with Crippen LogP contribution in [-0.2, 0) is 9.59 Å². The van der Waals surface area contributed by atoms with E-state index in [4.69, 9.17) is 4.98 Å². The third kappa shape index (κ3) is 4.81. The largest absolute Gasteiger partial charge is 0.326 e. The van der Waals surface area contributed by atoms with Gasteiger partial charge in [-0.15, -0.1) is 11.3 Å². The van der Waals surface area contributed by atoms with Crippen LogP contribution in [0.3, 0.4) is 0 Å². The number of aromatic nitrogens is 1. The molecule has 0 bridgehead atoms. The summed E-state index contributed by atoms with van der Waals surface area (Å²) in [5, 5.41) is 6.77. The lowest BCUT2D eigenvalue weighted by molar-refractivity contribution is -0.118. The van der Waals surface area contributed by atoms with E-state index >= 15 is 0 Å². The van der Waals surface area contributed by atoms with E-state index < -0.39 is 0 Å². The average Bonchev–Trinajstić information content (AvgIpc) is 3.13. The van der Waals surface area contributed by atoms with Gasteiger partial charge in [0.05, 0.1) is 22.8 Å². The van der Waals surface area contributed by atoms with Gasteiger partial charge < -0.3 is 10.6 Å².